The Hall–Kier alpha value is -2.45. The molecule has 0 saturated carbocycles. The number of quaternary nitrogens is 1. The zero-order valence-corrected chi connectivity index (χ0v) is 12.8. The summed E-state index contributed by atoms with van der Waals surface area (Å²) in [4.78, 5) is 24.9. The number of benzene rings is 1. The molecule has 22 heavy (non-hydrogen) atoms. The molecule has 0 amide bonds. The van der Waals surface area contributed by atoms with E-state index < -0.39 is 6.16 Å². The molecule has 4 rings (SSSR count). The van der Waals surface area contributed by atoms with Crippen LogP contribution in [0.15, 0.2) is 52.6 Å². The number of carbonyl (C=O) groups is 1. The molecule has 2 aromatic rings. The Bertz CT molecular complexity index is 858. The first-order valence-corrected chi connectivity index (χ1v) is 7.27. The maximum Gasteiger partial charge on any atom is 0.557 e. The fourth-order valence-electron chi connectivity index (χ4n) is 2.85. The Balaban J connectivity index is 2.03. The molecule has 2 aliphatic rings. The predicted molar refractivity (Wildman–Crippen MR) is 80.0 cm³/mol. The van der Waals surface area contributed by atoms with Crippen molar-refractivity contribution in [3.8, 4) is 5.69 Å². The Kier molecular flexibility index (Phi) is 2.72. The van der Waals surface area contributed by atoms with Gasteiger partial charge in [-0.25, -0.2) is 9.82 Å². The van der Waals surface area contributed by atoms with Crippen molar-refractivity contribution < 1.29 is 19.4 Å². The van der Waals surface area contributed by atoms with E-state index in [0.29, 0.717) is 5.84 Å². The molecule has 7 nitrogen and oxygen atoms in total. The second kappa shape index (κ2) is 4.52. The standard InChI is InChI=1S/C14H9BrN4O3/c15-11-3-1-2-10-12(11)18-8-16-6-9(18)7-19(22-14(20)21)5-4-17-13(10)19/h1-6,8H,7H2/p+1. The number of para-hydroxylation sites is 1. The third-order valence-electron chi connectivity index (χ3n) is 3.68. The lowest BCUT2D eigenvalue weighted by Gasteiger charge is -2.25. The van der Waals surface area contributed by atoms with Gasteiger partial charge in [-0.15, -0.1) is 0 Å². The number of hydrogen-bond donors (Lipinski definition) is 1. The highest BCUT2D eigenvalue weighted by Gasteiger charge is 2.47. The average molecular weight is 362 g/mol. The van der Waals surface area contributed by atoms with Gasteiger partial charge in [0.1, 0.15) is 5.69 Å². The van der Waals surface area contributed by atoms with Crippen molar-refractivity contribution in [1.82, 2.24) is 9.55 Å². The molecule has 0 bridgehead atoms. The summed E-state index contributed by atoms with van der Waals surface area (Å²) in [5.41, 5.74) is 2.48. The molecular formula is C14H10BrN4O3+. The van der Waals surface area contributed by atoms with Crippen LogP contribution in [-0.4, -0.2) is 31.3 Å². The van der Waals surface area contributed by atoms with Crippen LogP contribution in [0.3, 0.4) is 0 Å². The van der Waals surface area contributed by atoms with Gasteiger partial charge in [0.15, 0.2) is 12.7 Å². The SMILES string of the molecule is O=C(O)O[N+]12C=CN=C1c1cccc(Br)c1-n1cncc1C2. The second-order valence-electron chi connectivity index (χ2n) is 4.95. The van der Waals surface area contributed by atoms with Crippen LogP contribution in [-0.2, 0) is 11.4 Å². The number of fused-ring (bicyclic) bond motifs is 5. The third-order valence-corrected chi connectivity index (χ3v) is 4.32. The van der Waals surface area contributed by atoms with Gasteiger partial charge in [-0.3, -0.25) is 4.57 Å². The van der Waals surface area contributed by atoms with Crippen molar-refractivity contribution in [2.24, 2.45) is 4.99 Å². The number of halogens is 1. The van der Waals surface area contributed by atoms with Gasteiger partial charge in [0, 0.05) is 4.47 Å². The molecule has 0 fully saturated rings. The largest absolute Gasteiger partial charge is 0.557 e. The number of hydroxylamine groups is 3. The fraction of sp³-hybridized carbons (Fsp3) is 0.0714. The van der Waals surface area contributed by atoms with Crippen molar-refractivity contribution >= 4 is 27.9 Å². The summed E-state index contributed by atoms with van der Waals surface area (Å²) in [6.07, 6.45) is 5.22. The van der Waals surface area contributed by atoms with Crippen molar-refractivity contribution in [1.29, 1.82) is 0 Å². The van der Waals surface area contributed by atoms with Crippen LogP contribution >= 0.6 is 15.9 Å². The molecule has 8 heteroatoms. The van der Waals surface area contributed by atoms with Gasteiger partial charge in [-0.2, -0.15) is 9.79 Å². The van der Waals surface area contributed by atoms with Crippen molar-refractivity contribution in [2.75, 3.05) is 0 Å². The van der Waals surface area contributed by atoms with Crippen LogP contribution in [0.2, 0.25) is 0 Å². The highest BCUT2D eigenvalue weighted by Crippen LogP contribution is 2.36. The summed E-state index contributed by atoms with van der Waals surface area (Å²) in [5, 5.41) is 9.14. The molecular weight excluding hydrogens is 352 g/mol. The molecule has 1 aromatic carbocycles. The molecule has 1 N–H and O–H groups in total. The van der Waals surface area contributed by atoms with E-state index >= 15 is 0 Å². The molecule has 1 atom stereocenters. The second-order valence-corrected chi connectivity index (χ2v) is 5.81. The van der Waals surface area contributed by atoms with Crippen LogP contribution < -0.4 is 0 Å². The quantitative estimate of drug-likeness (QED) is 0.792. The smallest absolute Gasteiger partial charge is 0.446 e. The number of hydrogen-bond acceptors (Lipinski definition) is 4. The van der Waals surface area contributed by atoms with Crippen LogP contribution in [0.4, 0.5) is 4.79 Å². The fourth-order valence-corrected chi connectivity index (χ4v) is 3.41. The molecule has 0 spiro atoms. The molecule has 3 heterocycles. The normalized spacial score (nSPS) is 21.4. The number of nitrogens with zero attached hydrogens (tertiary/aromatic N) is 4. The van der Waals surface area contributed by atoms with E-state index in [4.69, 9.17) is 9.94 Å². The molecule has 0 saturated heterocycles. The number of rotatable bonds is 1. The number of aromatic nitrogens is 2. The first-order chi connectivity index (χ1) is 10.6. The molecule has 110 valence electrons. The Morgan fingerprint density at radius 1 is 1.45 bits per heavy atom. The van der Waals surface area contributed by atoms with E-state index in [-0.39, 0.29) is 11.2 Å². The minimum absolute atomic E-state index is 0.281. The molecule has 2 aliphatic heterocycles. The summed E-state index contributed by atoms with van der Waals surface area (Å²) in [7, 11) is 0. The summed E-state index contributed by atoms with van der Waals surface area (Å²) >= 11 is 3.55. The lowest BCUT2D eigenvalue weighted by molar-refractivity contribution is -0.986. The Morgan fingerprint density at radius 2 is 2.32 bits per heavy atom. The predicted octanol–water partition coefficient (Wildman–Crippen LogP) is 2.81. The molecule has 0 aliphatic carbocycles. The van der Waals surface area contributed by atoms with Gasteiger partial charge in [0.05, 0.1) is 30.0 Å². The highest BCUT2D eigenvalue weighted by atomic mass is 79.9. The third kappa shape index (κ3) is 1.74. The first-order valence-electron chi connectivity index (χ1n) is 6.47. The van der Waals surface area contributed by atoms with E-state index in [9.17, 15) is 4.79 Å². The number of imidazole rings is 1. The van der Waals surface area contributed by atoms with Gasteiger partial charge in [-0.1, -0.05) is 6.07 Å². The average Bonchev–Trinajstić information content (AvgIpc) is 3.04. The number of aliphatic imine (C=N–C) groups is 1. The summed E-state index contributed by atoms with van der Waals surface area (Å²) in [6.45, 7) is 0.281. The number of carboxylic acid groups (broad SMARTS) is 1. The van der Waals surface area contributed by atoms with Gasteiger partial charge >= 0.3 is 6.16 Å². The van der Waals surface area contributed by atoms with E-state index in [1.807, 2.05) is 22.8 Å². The van der Waals surface area contributed by atoms with E-state index in [1.54, 1.807) is 24.9 Å². The molecule has 0 radical (unpaired) electrons. The summed E-state index contributed by atoms with van der Waals surface area (Å²) in [5.74, 6) is 0.530. The zero-order chi connectivity index (χ0) is 15.3. The minimum atomic E-state index is -1.36. The lowest BCUT2D eigenvalue weighted by atomic mass is 10.1. The molecule has 1 aromatic heterocycles. The zero-order valence-electron chi connectivity index (χ0n) is 11.2. The van der Waals surface area contributed by atoms with Gasteiger partial charge in [0.25, 0.3) is 5.84 Å². The maximum atomic E-state index is 11.2. The van der Waals surface area contributed by atoms with Crippen LogP contribution in [0.1, 0.15) is 11.3 Å². The van der Waals surface area contributed by atoms with Crippen LogP contribution in [0.5, 0.6) is 0 Å². The van der Waals surface area contributed by atoms with Crippen LogP contribution in [0, 0.1) is 0 Å². The number of amidine groups is 1. The van der Waals surface area contributed by atoms with Crippen molar-refractivity contribution in [3.05, 3.63) is 58.9 Å². The summed E-state index contributed by atoms with van der Waals surface area (Å²) in [6, 6.07) is 5.68. The highest BCUT2D eigenvalue weighted by molar-refractivity contribution is 9.10. The minimum Gasteiger partial charge on any atom is -0.446 e. The van der Waals surface area contributed by atoms with Gasteiger partial charge in [-0.05, 0) is 32.7 Å². The topological polar surface area (TPSA) is 76.7 Å². The maximum absolute atomic E-state index is 11.2. The van der Waals surface area contributed by atoms with Crippen LogP contribution in [0.25, 0.3) is 5.69 Å². The lowest BCUT2D eigenvalue weighted by Crippen LogP contribution is -2.46. The van der Waals surface area contributed by atoms with Gasteiger partial charge < -0.3 is 5.11 Å². The van der Waals surface area contributed by atoms with Crippen molar-refractivity contribution in [3.63, 3.8) is 0 Å². The van der Waals surface area contributed by atoms with Crippen molar-refractivity contribution in [2.45, 2.75) is 6.54 Å². The summed E-state index contributed by atoms with van der Waals surface area (Å²) < 4.78 is 2.46. The monoisotopic (exact) mass is 361 g/mol. The Labute approximate surface area is 133 Å². The van der Waals surface area contributed by atoms with E-state index in [2.05, 4.69) is 25.9 Å². The van der Waals surface area contributed by atoms with E-state index in [0.717, 1.165) is 21.4 Å². The molecule has 1 unspecified atom stereocenters. The van der Waals surface area contributed by atoms with Gasteiger partial charge in [0.2, 0.25) is 0 Å². The van der Waals surface area contributed by atoms with E-state index in [1.165, 1.54) is 0 Å². The first kappa shape index (κ1) is 13.2. The Morgan fingerprint density at radius 3 is 3.14 bits per heavy atom.